The van der Waals surface area contributed by atoms with Crippen molar-refractivity contribution in [2.24, 2.45) is 5.11 Å². The van der Waals surface area contributed by atoms with Gasteiger partial charge in [0.2, 0.25) is 0 Å². The molecule has 2 rings (SSSR count). The summed E-state index contributed by atoms with van der Waals surface area (Å²) in [7, 11) is -3.75. The van der Waals surface area contributed by atoms with Crippen LogP contribution in [0.4, 0.5) is 0 Å². The zero-order chi connectivity index (χ0) is 13.3. The Hall–Kier alpha value is -1.60. The van der Waals surface area contributed by atoms with Gasteiger partial charge in [-0.2, -0.15) is 8.42 Å². The molecule has 1 aliphatic rings. The zero-order valence-corrected chi connectivity index (χ0v) is 10.3. The molecule has 0 aromatic heterocycles. The number of aliphatic hydroxyl groups excluding tert-OH is 1. The summed E-state index contributed by atoms with van der Waals surface area (Å²) >= 11 is 0. The Labute approximate surface area is 104 Å². The van der Waals surface area contributed by atoms with E-state index in [-0.39, 0.29) is 0 Å². The van der Waals surface area contributed by atoms with E-state index in [4.69, 9.17) is 9.71 Å². The third kappa shape index (κ3) is 2.32. The van der Waals surface area contributed by atoms with Crippen molar-refractivity contribution in [1.82, 2.24) is 0 Å². The minimum absolute atomic E-state index is 0.517. The van der Waals surface area contributed by atoms with Gasteiger partial charge in [0.1, 0.15) is 12.2 Å². The van der Waals surface area contributed by atoms with Gasteiger partial charge in [0.05, 0.1) is 12.3 Å². The molecule has 0 heterocycles. The number of benzene rings is 1. The number of nitrogens with zero attached hydrogens (tertiary/aromatic N) is 3. The fraction of sp³-hybridized carbons (Fsp3) is 0.400. The molecule has 0 fully saturated rings. The maximum Gasteiger partial charge on any atom is 0.264 e. The summed E-state index contributed by atoms with van der Waals surface area (Å²) in [5, 5.41) is 13.5. The Bertz CT molecular complexity index is 609. The van der Waals surface area contributed by atoms with Crippen LogP contribution >= 0.6 is 0 Å². The molecule has 18 heavy (non-hydrogen) atoms. The van der Waals surface area contributed by atoms with Gasteiger partial charge in [-0.1, -0.05) is 29.4 Å². The molecular formula is C10H11N3O4S. The van der Waals surface area contributed by atoms with E-state index in [2.05, 4.69) is 10.0 Å². The second-order valence-electron chi connectivity index (χ2n) is 3.99. The van der Waals surface area contributed by atoms with Gasteiger partial charge in [-0.25, -0.2) is 0 Å². The van der Waals surface area contributed by atoms with Crippen LogP contribution in [-0.2, 0) is 14.3 Å². The fourth-order valence-electron chi connectivity index (χ4n) is 2.07. The quantitative estimate of drug-likeness (QED) is 0.387. The number of azide groups is 1. The molecule has 0 radical (unpaired) electrons. The highest BCUT2D eigenvalue weighted by atomic mass is 32.2. The maximum atomic E-state index is 11.2. The Kier molecular flexibility index (Phi) is 3.27. The summed E-state index contributed by atoms with van der Waals surface area (Å²) < 4.78 is 27.1. The molecular weight excluding hydrogens is 258 g/mol. The highest BCUT2D eigenvalue weighted by Crippen LogP contribution is 2.43. The third-order valence-corrected chi connectivity index (χ3v) is 3.29. The van der Waals surface area contributed by atoms with Crippen molar-refractivity contribution in [3.63, 3.8) is 0 Å². The number of hydrogen-bond donors (Lipinski definition) is 1. The predicted octanol–water partition coefficient (Wildman–Crippen LogP) is 1.43. The summed E-state index contributed by atoms with van der Waals surface area (Å²) in [6.45, 7) is 0. The van der Waals surface area contributed by atoms with Gasteiger partial charge in [0.25, 0.3) is 10.1 Å². The minimum Gasteiger partial charge on any atom is -0.386 e. The third-order valence-electron chi connectivity index (χ3n) is 2.72. The first-order chi connectivity index (χ1) is 8.44. The molecule has 1 N–H and O–H groups in total. The van der Waals surface area contributed by atoms with Crippen LogP contribution in [0.3, 0.4) is 0 Å². The minimum atomic E-state index is -3.75. The Morgan fingerprint density at radius 3 is 2.56 bits per heavy atom. The van der Waals surface area contributed by atoms with Crippen molar-refractivity contribution in [3.8, 4) is 0 Å². The molecule has 0 bridgehead atoms. The van der Waals surface area contributed by atoms with Crippen molar-refractivity contribution in [3.05, 3.63) is 45.8 Å². The monoisotopic (exact) mass is 269 g/mol. The molecule has 0 spiro atoms. The average Bonchev–Trinajstić information content (AvgIpc) is 2.54. The molecule has 3 atom stereocenters. The first-order valence-corrected chi connectivity index (χ1v) is 6.95. The standard InChI is InChI=1S/C10H11N3O4S/c1-18(15,16)17-10-8(12-13-11)6-4-2-3-5-7(6)9(10)14/h2-5,8-10,14H,1H3. The van der Waals surface area contributed by atoms with E-state index in [9.17, 15) is 13.5 Å². The van der Waals surface area contributed by atoms with Crippen LogP contribution in [-0.4, -0.2) is 25.9 Å². The topological polar surface area (TPSA) is 112 Å². The van der Waals surface area contributed by atoms with Crippen LogP contribution in [0, 0.1) is 0 Å². The lowest BCUT2D eigenvalue weighted by Gasteiger charge is -2.17. The number of fused-ring (bicyclic) bond motifs is 1. The summed E-state index contributed by atoms with van der Waals surface area (Å²) in [5.74, 6) is 0. The summed E-state index contributed by atoms with van der Waals surface area (Å²) in [6.07, 6.45) is -1.37. The van der Waals surface area contributed by atoms with Crippen LogP contribution in [0.15, 0.2) is 29.4 Å². The summed E-state index contributed by atoms with van der Waals surface area (Å²) in [6, 6.07) is 5.89. The lowest BCUT2D eigenvalue weighted by Crippen LogP contribution is -2.24. The Morgan fingerprint density at radius 2 is 2.00 bits per heavy atom. The van der Waals surface area contributed by atoms with Crippen molar-refractivity contribution in [1.29, 1.82) is 0 Å². The van der Waals surface area contributed by atoms with E-state index in [0.717, 1.165) is 6.26 Å². The van der Waals surface area contributed by atoms with E-state index in [1.807, 2.05) is 0 Å². The molecule has 1 aromatic carbocycles. The molecule has 0 saturated carbocycles. The lowest BCUT2D eigenvalue weighted by molar-refractivity contribution is 0.0403. The molecule has 8 heteroatoms. The zero-order valence-electron chi connectivity index (χ0n) is 9.46. The largest absolute Gasteiger partial charge is 0.386 e. The first-order valence-electron chi connectivity index (χ1n) is 5.13. The second kappa shape index (κ2) is 4.58. The van der Waals surface area contributed by atoms with Crippen LogP contribution in [0.5, 0.6) is 0 Å². The van der Waals surface area contributed by atoms with Gasteiger partial charge in [-0.15, -0.1) is 0 Å². The SMILES string of the molecule is CS(=O)(=O)OC1C(O)c2ccccc2C1N=[N+]=[N-]. The van der Waals surface area contributed by atoms with Crippen molar-refractivity contribution in [2.75, 3.05) is 6.26 Å². The Morgan fingerprint density at radius 1 is 1.39 bits per heavy atom. The highest BCUT2D eigenvalue weighted by molar-refractivity contribution is 7.86. The smallest absolute Gasteiger partial charge is 0.264 e. The van der Waals surface area contributed by atoms with Gasteiger partial charge in [0.15, 0.2) is 0 Å². The van der Waals surface area contributed by atoms with E-state index in [0.29, 0.717) is 11.1 Å². The molecule has 1 aliphatic carbocycles. The predicted molar refractivity (Wildman–Crippen MR) is 63.0 cm³/mol. The summed E-state index contributed by atoms with van der Waals surface area (Å²) in [4.78, 5) is 2.67. The molecule has 0 amide bonds. The number of hydrogen-bond acceptors (Lipinski definition) is 5. The Balaban J connectivity index is 2.46. The molecule has 0 saturated heterocycles. The van der Waals surface area contributed by atoms with Gasteiger partial charge >= 0.3 is 0 Å². The van der Waals surface area contributed by atoms with Gasteiger partial charge < -0.3 is 5.11 Å². The van der Waals surface area contributed by atoms with Gasteiger partial charge in [0, 0.05) is 4.91 Å². The van der Waals surface area contributed by atoms with Crippen LogP contribution in [0.1, 0.15) is 23.3 Å². The number of aliphatic hydroxyl groups is 1. The van der Waals surface area contributed by atoms with E-state index in [1.165, 1.54) is 0 Å². The highest BCUT2D eigenvalue weighted by Gasteiger charge is 2.42. The van der Waals surface area contributed by atoms with Crippen LogP contribution in [0.25, 0.3) is 10.4 Å². The van der Waals surface area contributed by atoms with Crippen molar-refractivity contribution < 1.29 is 17.7 Å². The van der Waals surface area contributed by atoms with E-state index in [1.54, 1.807) is 24.3 Å². The average molecular weight is 269 g/mol. The first kappa shape index (κ1) is 12.8. The van der Waals surface area contributed by atoms with Crippen molar-refractivity contribution in [2.45, 2.75) is 18.2 Å². The van der Waals surface area contributed by atoms with E-state index < -0.39 is 28.4 Å². The van der Waals surface area contributed by atoms with E-state index >= 15 is 0 Å². The van der Waals surface area contributed by atoms with Crippen LogP contribution < -0.4 is 0 Å². The second-order valence-corrected chi connectivity index (χ2v) is 5.59. The van der Waals surface area contributed by atoms with Gasteiger partial charge in [-0.05, 0) is 16.7 Å². The molecule has 0 aliphatic heterocycles. The fourth-order valence-corrected chi connectivity index (χ4v) is 2.68. The maximum absolute atomic E-state index is 11.2. The molecule has 1 aromatic rings. The van der Waals surface area contributed by atoms with Gasteiger partial charge in [-0.3, -0.25) is 4.18 Å². The number of rotatable bonds is 3. The normalized spacial score (nSPS) is 26.4. The lowest BCUT2D eigenvalue weighted by atomic mass is 10.1. The molecule has 96 valence electrons. The summed E-state index contributed by atoms with van der Waals surface area (Å²) in [5.41, 5.74) is 9.62. The molecule has 3 unspecified atom stereocenters. The van der Waals surface area contributed by atoms with Crippen LogP contribution in [0.2, 0.25) is 0 Å². The molecule has 7 nitrogen and oxygen atoms in total. The van der Waals surface area contributed by atoms with Crippen molar-refractivity contribution >= 4 is 10.1 Å².